The van der Waals surface area contributed by atoms with E-state index in [-0.39, 0.29) is 42.0 Å². The van der Waals surface area contributed by atoms with Crippen molar-refractivity contribution in [1.29, 1.82) is 0 Å². The summed E-state index contributed by atoms with van der Waals surface area (Å²) < 4.78 is 18.9. The molecule has 2 aromatic rings. The second kappa shape index (κ2) is 6.08. The molecule has 1 aromatic heterocycles. The fourth-order valence-corrected chi connectivity index (χ4v) is 2.80. The molecule has 7 heteroatoms. The maximum atomic E-state index is 13.1. The molecule has 118 valence electrons. The van der Waals surface area contributed by atoms with Crippen molar-refractivity contribution in [2.45, 2.75) is 13.3 Å². The van der Waals surface area contributed by atoms with Crippen molar-refractivity contribution in [2.75, 3.05) is 11.9 Å². The van der Waals surface area contributed by atoms with Crippen molar-refractivity contribution < 1.29 is 18.7 Å². The van der Waals surface area contributed by atoms with Crippen LogP contribution in [0, 0.1) is 12.7 Å². The van der Waals surface area contributed by atoms with E-state index in [4.69, 9.17) is 4.74 Å². The number of pyridine rings is 1. The number of aryl methyl sites for hydroxylation is 1. The van der Waals surface area contributed by atoms with Crippen molar-refractivity contribution >= 4 is 33.4 Å². The fourth-order valence-electron chi connectivity index (χ4n) is 2.31. The number of hydrogen-bond donors (Lipinski definition) is 1. The lowest BCUT2D eigenvalue weighted by molar-refractivity contribution is -0.118. The maximum Gasteiger partial charge on any atom is 0.263 e. The van der Waals surface area contributed by atoms with E-state index < -0.39 is 0 Å². The molecular weight excluding hydrogens is 367 g/mol. The average Bonchev–Trinajstić information content (AvgIpc) is 2.49. The first kappa shape index (κ1) is 15.6. The molecule has 0 spiro atoms. The molecule has 2 heterocycles. The van der Waals surface area contributed by atoms with Crippen molar-refractivity contribution in [3.05, 3.63) is 51.4 Å². The molecule has 1 N–H and O–H groups in total. The number of fused-ring (bicyclic) bond motifs is 1. The molecule has 23 heavy (non-hydrogen) atoms. The third-order valence-electron chi connectivity index (χ3n) is 3.42. The standard InChI is InChI=1S/C16H12BrFN2O3/c1-8-4-12(19-16-15(8)23-7-14(22)20-16)13(21)5-9-2-3-10(18)6-11(9)17/h2-4,6H,5,7H2,1H3,(H,19,20,22). The molecule has 1 amide bonds. The first-order valence-electron chi connectivity index (χ1n) is 6.85. The van der Waals surface area contributed by atoms with Crippen LogP contribution in [0.3, 0.4) is 0 Å². The van der Waals surface area contributed by atoms with E-state index in [9.17, 15) is 14.0 Å². The van der Waals surface area contributed by atoms with Crippen molar-refractivity contribution in [3.8, 4) is 5.75 Å². The highest BCUT2D eigenvalue weighted by Gasteiger charge is 2.22. The largest absolute Gasteiger partial charge is 0.480 e. The van der Waals surface area contributed by atoms with E-state index in [0.717, 1.165) is 5.56 Å². The molecule has 0 radical (unpaired) electrons. The van der Waals surface area contributed by atoms with Crippen LogP contribution in [0.5, 0.6) is 5.75 Å². The monoisotopic (exact) mass is 378 g/mol. The van der Waals surface area contributed by atoms with Crippen LogP contribution >= 0.6 is 15.9 Å². The van der Waals surface area contributed by atoms with E-state index in [1.165, 1.54) is 12.1 Å². The van der Waals surface area contributed by atoms with Crippen LogP contribution in [0.15, 0.2) is 28.7 Å². The summed E-state index contributed by atoms with van der Waals surface area (Å²) in [7, 11) is 0. The normalized spacial score (nSPS) is 13.1. The predicted octanol–water partition coefficient (Wildman–Crippen LogP) is 3.05. The first-order valence-corrected chi connectivity index (χ1v) is 7.65. The summed E-state index contributed by atoms with van der Waals surface area (Å²) in [5, 5.41) is 2.59. The number of rotatable bonds is 3. The van der Waals surface area contributed by atoms with E-state index in [2.05, 4.69) is 26.2 Å². The SMILES string of the molecule is Cc1cc(C(=O)Cc2ccc(F)cc2Br)nc2c1OCC(=O)N2. The second-order valence-corrected chi connectivity index (χ2v) is 6.03. The minimum atomic E-state index is -0.379. The molecule has 0 saturated heterocycles. The van der Waals surface area contributed by atoms with Crippen LogP contribution in [0.4, 0.5) is 10.2 Å². The molecule has 0 unspecified atom stereocenters. The highest BCUT2D eigenvalue weighted by molar-refractivity contribution is 9.10. The fraction of sp³-hybridized carbons (Fsp3) is 0.188. The number of Topliss-reactive ketones (excluding diaryl/α,β-unsaturated/α-hetero) is 1. The summed E-state index contributed by atoms with van der Waals surface area (Å²) in [6, 6.07) is 5.78. The molecule has 0 atom stereocenters. The summed E-state index contributed by atoms with van der Waals surface area (Å²) in [6.07, 6.45) is 0.0703. The zero-order valence-corrected chi connectivity index (χ0v) is 13.7. The van der Waals surface area contributed by atoms with Crippen LogP contribution in [0.25, 0.3) is 0 Å². The van der Waals surface area contributed by atoms with Gasteiger partial charge in [-0.3, -0.25) is 9.59 Å². The molecule has 0 fully saturated rings. The van der Waals surface area contributed by atoms with Gasteiger partial charge in [0, 0.05) is 10.9 Å². The first-order chi connectivity index (χ1) is 10.9. The maximum absolute atomic E-state index is 13.1. The quantitative estimate of drug-likeness (QED) is 0.833. The molecule has 1 aliphatic rings. The number of halogens is 2. The van der Waals surface area contributed by atoms with Gasteiger partial charge in [0.25, 0.3) is 5.91 Å². The van der Waals surface area contributed by atoms with Gasteiger partial charge in [-0.1, -0.05) is 22.0 Å². The summed E-state index contributed by atoms with van der Waals surface area (Å²) in [4.78, 5) is 28.0. The molecule has 0 saturated carbocycles. The molecule has 5 nitrogen and oxygen atoms in total. The third kappa shape index (κ3) is 3.24. The number of hydrogen-bond acceptors (Lipinski definition) is 4. The van der Waals surface area contributed by atoms with E-state index in [1.54, 1.807) is 19.1 Å². The Hall–Kier alpha value is -2.28. The Balaban J connectivity index is 1.89. The van der Waals surface area contributed by atoms with Crippen LogP contribution < -0.4 is 10.1 Å². The molecule has 0 bridgehead atoms. The van der Waals surface area contributed by atoms with Crippen LogP contribution in [0.2, 0.25) is 0 Å². The van der Waals surface area contributed by atoms with Crippen LogP contribution in [-0.4, -0.2) is 23.3 Å². The summed E-state index contributed by atoms with van der Waals surface area (Å²) in [6.45, 7) is 1.72. The van der Waals surface area contributed by atoms with Crippen LogP contribution in [0.1, 0.15) is 21.6 Å². The van der Waals surface area contributed by atoms with Gasteiger partial charge in [-0.05, 0) is 36.2 Å². The Bertz CT molecular complexity index is 823. The number of amides is 1. The van der Waals surface area contributed by atoms with E-state index >= 15 is 0 Å². The van der Waals surface area contributed by atoms with Gasteiger partial charge in [0.1, 0.15) is 11.5 Å². The van der Waals surface area contributed by atoms with Gasteiger partial charge >= 0.3 is 0 Å². The molecule has 1 aromatic carbocycles. The average molecular weight is 379 g/mol. The molecule has 1 aliphatic heterocycles. The second-order valence-electron chi connectivity index (χ2n) is 5.17. The lowest BCUT2D eigenvalue weighted by Gasteiger charge is -2.19. The van der Waals surface area contributed by atoms with Crippen LogP contribution in [-0.2, 0) is 11.2 Å². The Morgan fingerprint density at radius 2 is 2.22 bits per heavy atom. The van der Waals surface area contributed by atoms with Gasteiger partial charge in [-0.2, -0.15) is 0 Å². The van der Waals surface area contributed by atoms with Gasteiger partial charge in [0.05, 0.1) is 0 Å². The number of anilines is 1. The van der Waals surface area contributed by atoms with Crippen molar-refractivity contribution in [1.82, 2.24) is 4.98 Å². The summed E-state index contributed by atoms with van der Waals surface area (Å²) in [5.41, 5.74) is 1.61. The lowest BCUT2D eigenvalue weighted by atomic mass is 10.1. The number of nitrogens with one attached hydrogen (secondary N) is 1. The molecular formula is C16H12BrFN2O3. The van der Waals surface area contributed by atoms with E-state index in [1.807, 2.05) is 0 Å². The molecule has 3 rings (SSSR count). The number of nitrogens with zero attached hydrogens (tertiary/aromatic N) is 1. The van der Waals surface area contributed by atoms with Gasteiger partial charge in [-0.15, -0.1) is 0 Å². The Morgan fingerprint density at radius 3 is 2.96 bits per heavy atom. The van der Waals surface area contributed by atoms with Gasteiger partial charge in [0.2, 0.25) is 0 Å². The summed E-state index contributed by atoms with van der Waals surface area (Å²) in [5.74, 6) is -0.194. The van der Waals surface area contributed by atoms with Gasteiger partial charge < -0.3 is 10.1 Å². The third-order valence-corrected chi connectivity index (χ3v) is 4.15. The number of carbonyl (C=O) groups excluding carboxylic acids is 2. The zero-order valence-electron chi connectivity index (χ0n) is 12.2. The Labute approximate surface area is 140 Å². The summed E-state index contributed by atoms with van der Waals surface area (Å²) >= 11 is 3.24. The Kier molecular flexibility index (Phi) is 4.12. The number of ketones is 1. The van der Waals surface area contributed by atoms with Gasteiger partial charge in [0.15, 0.2) is 24.0 Å². The smallest absolute Gasteiger partial charge is 0.263 e. The molecule has 0 aliphatic carbocycles. The topological polar surface area (TPSA) is 68.3 Å². The number of ether oxygens (including phenoxy) is 1. The van der Waals surface area contributed by atoms with E-state index in [0.29, 0.717) is 15.8 Å². The number of carbonyl (C=O) groups is 2. The number of aromatic nitrogens is 1. The minimum Gasteiger partial charge on any atom is -0.480 e. The van der Waals surface area contributed by atoms with Crippen molar-refractivity contribution in [2.24, 2.45) is 0 Å². The highest BCUT2D eigenvalue weighted by Crippen LogP contribution is 2.30. The predicted molar refractivity (Wildman–Crippen MR) is 85.2 cm³/mol. The Morgan fingerprint density at radius 1 is 1.43 bits per heavy atom. The minimum absolute atomic E-state index is 0.0641. The van der Waals surface area contributed by atoms with Crippen molar-refractivity contribution in [3.63, 3.8) is 0 Å². The zero-order chi connectivity index (χ0) is 16.6. The number of benzene rings is 1. The highest BCUT2D eigenvalue weighted by atomic mass is 79.9. The lowest BCUT2D eigenvalue weighted by Crippen LogP contribution is -2.27. The van der Waals surface area contributed by atoms with Gasteiger partial charge in [-0.25, -0.2) is 9.37 Å².